The Hall–Kier alpha value is -0.510. The molecule has 0 aliphatic rings. The summed E-state index contributed by atoms with van der Waals surface area (Å²) in [6.45, 7) is 4.33. The summed E-state index contributed by atoms with van der Waals surface area (Å²) in [4.78, 5) is 3.17. The Morgan fingerprint density at radius 3 is 2.65 bits per heavy atom. The number of hydrogen-bond acceptors (Lipinski definition) is 1. The molecule has 1 aromatic carbocycles. The zero-order valence-electron chi connectivity index (χ0n) is 9.76. The SMILES string of the molecule is CCCC(C)n1c(=S)[nH]c2cc(Cl)c(Cl)cc21. The molecule has 2 nitrogen and oxygen atoms in total. The third-order valence-electron chi connectivity index (χ3n) is 2.91. The molecule has 2 aromatic rings. The van der Waals surface area contributed by atoms with Gasteiger partial charge < -0.3 is 9.55 Å². The lowest BCUT2D eigenvalue weighted by atomic mass is 10.2. The van der Waals surface area contributed by atoms with Gasteiger partial charge in [0.1, 0.15) is 0 Å². The number of rotatable bonds is 3. The number of aromatic amines is 1. The summed E-state index contributed by atoms with van der Waals surface area (Å²) in [6.07, 6.45) is 2.21. The highest BCUT2D eigenvalue weighted by Gasteiger charge is 2.12. The molecule has 0 fully saturated rings. The summed E-state index contributed by atoms with van der Waals surface area (Å²) < 4.78 is 2.83. The molecule has 0 aliphatic carbocycles. The molecular formula is C12H14Cl2N2S. The number of nitrogens with one attached hydrogen (secondary N) is 1. The van der Waals surface area contributed by atoms with Gasteiger partial charge in [0.2, 0.25) is 0 Å². The monoisotopic (exact) mass is 288 g/mol. The number of hydrogen-bond donors (Lipinski definition) is 1. The standard InChI is InChI=1S/C12H14Cl2N2S/c1-3-4-7(2)16-11-6-9(14)8(13)5-10(11)15-12(16)17/h5-7H,3-4H2,1-2H3,(H,15,17). The summed E-state index contributed by atoms with van der Waals surface area (Å²) in [5.41, 5.74) is 1.96. The van der Waals surface area contributed by atoms with E-state index in [1.165, 1.54) is 0 Å². The summed E-state index contributed by atoms with van der Waals surface area (Å²) in [5, 5.41) is 1.11. The average molecular weight is 289 g/mol. The highest BCUT2D eigenvalue weighted by Crippen LogP contribution is 2.30. The minimum absolute atomic E-state index is 0.360. The van der Waals surface area contributed by atoms with Crippen LogP contribution in [0.3, 0.4) is 0 Å². The normalized spacial score (nSPS) is 13.2. The largest absolute Gasteiger partial charge is 0.331 e. The fourth-order valence-electron chi connectivity index (χ4n) is 2.11. The van der Waals surface area contributed by atoms with Crippen molar-refractivity contribution < 1.29 is 0 Å². The summed E-state index contributed by atoms with van der Waals surface area (Å²) in [7, 11) is 0. The molecule has 17 heavy (non-hydrogen) atoms. The maximum absolute atomic E-state index is 6.06. The number of nitrogens with zero attached hydrogens (tertiary/aromatic N) is 1. The number of halogens is 2. The van der Waals surface area contributed by atoms with Crippen LogP contribution in [0.1, 0.15) is 32.7 Å². The number of imidazole rings is 1. The summed E-state index contributed by atoms with van der Waals surface area (Å²) in [5.74, 6) is 0. The number of aromatic nitrogens is 2. The molecule has 1 atom stereocenters. The second kappa shape index (κ2) is 5.01. The van der Waals surface area contributed by atoms with E-state index < -0.39 is 0 Å². The predicted molar refractivity (Wildman–Crippen MR) is 76.8 cm³/mol. The van der Waals surface area contributed by atoms with Gasteiger partial charge in [-0.3, -0.25) is 0 Å². The van der Waals surface area contributed by atoms with Gasteiger partial charge in [0.15, 0.2) is 4.77 Å². The molecule has 92 valence electrons. The molecular weight excluding hydrogens is 275 g/mol. The zero-order chi connectivity index (χ0) is 12.6. The highest BCUT2D eigenvalue weighted by atomic mass is 35.5. The van der Waals surface area contributed by atoms with E-state index >= 15 is 0 Å². The van der Waals surface area contributed by atoms with E-state index in [1.807, 2.05) is 12.1 Å². The van der Waals surface area contributed by atoms with Crippen LogP contribution in [-0.2, 0) is 0 Å². The van der Waals surface area contributed by atoms with Crippen molar-refractivity contribution in [3.63, 3.8) is 0 Å². The van der Waals surface area contributed by atoms with Crippen LogP contribution < -0.4 is 0 Å². The van der Waals surface area contributed by atoms with E-state index in [2.05, 4.69) is 23.4 Å². The summed E-state index contributed by atoms with van der Waals surface area (Å²) >= 11 is 17.4. The minimum atomic E-state index is 0.360. The Bertz CT molecular complexity index is 600. The van der Waals surface area contributed by atoms with E-state index in [0.717, 1.165) is 28.6 Å². The fourth-order valence-corrected chi connectivity index (χ4v) is 2.81. The van der Waals surface area contributed by atoms with E-state index in [-0.39, 0.29) is 0 Å². The summed E-state index contributed by atoms with van der Waals surface area (Å²) in [6, 6.07) is 4.06. The van der Waals surface area contributed by atoms with E-state index in [9.17, 15) is 0 Å². The first-order chi connectivity index (χ1) is 8.04. The molecule has 2 rings (SSSR count). The number of H-pyrrole nitrogens is 1. The van der Waals surface area contributed by atoms with Gasteiger partial charge in [0.25, 0.3) is 0 Å². The van der Waals surface area contributed by atoms with Crippen molar-refractivity contribution in [3.8, 4) is 0 Å². The van der Waals surface area contributed by atoms with Gasteiger partial charge in [0, 0.05) is 6.04 Å². The van der Waals surface area contributed by atoms with Crippen molar-refractivity contribution in [3.05, 3.63) is 26.9 Å². The van der Waals surface area contributed by atoms with Crippen LogP contribution in [0.25, 0.3) is 11.0 Å². The van der Waals surface area contributed by atoms with E-state index in [4.69, 9.17) is 35.4 Å². The maximum atomic E-state index is 6.06. The Kier molecular flexibility index (Phi) is 3.81. The maximum Gasteiger partial charge on any atom is 0.178 e. The Balaban J connectivity index is 2.66. The van der Waals surface area contributed by atoms with Crippen molar-refractivity contribution in [2.24, 2.45) is 0 Å². The molecule has 0 bridgehead atoms. The molecule has 0 spiro atoms. The van der Waals surface area contributed by atoms with Gasteiger partial charge in [0.05, 0.1) is 21.1 Å². The van der Waals surface area contributed by atoms with E-state index in [1.54, 1.807) is 0 Å². The van der Waals surface area contributed by atoms with Crippen molar-refractivity contribution in [2.75, 3.05) is 0 Å². The molecule has 0 amide bonds. The predicted octanol–water partition coefficient (Wildman–Crippen LogP) is 5.37. The molecule has 1 N–H and O–H groups in total. The highest BCUT2D eigenvalue weighted by molar-refractivity contribution is 7.71. The van der Waals surface area contributed by atoms with Crippen molar-refractivity contribution in [1.82, 2.24) is 9.55 Å². The van der Waals surface area contributed by atoms with Crippen LogP contribution in [0, 0.1) is 4.77 Å². The Morgan fingerprint density at radius 1 is 1.35 bits per heavy atom. The van der Waals surface area contributed by atoms with Gasteiger partial charge in [-0.05, 0) is 37.7 Å². The zero-order valence-corrected chi connectivity index (χ0v) is 12.1. The van der Waals surface area contributed by atoms with Crippen LogP contribution in [0.15, 0.2) is 12.1 Å². The van der Waals surface area contributed by atoms with Crippen LogP contribution in [0.4, 0.5) is 0 Å². The smallest absolute Gasteiger partial charge is 0.178 e. The van der Waals surface area contributed by atoms with Crippen LogP contribution in [-0.4, -0.2) is 9.55 Å². The fraction of sp³-hybridized carbons (Fsp3) is 0.417. The third kappa shape index (κ3) is 2.37. The van der Waals surface area contributed by atoms with Crippen molar-refractivity contribution in [1.29, 1.82) is 0 Å². The topological polar surface area (TPSA) is 20.7 Å². The number of fused-ring (bicyclic) bond motifs is 1. The lowest BCUT2D eigenvalue weighted by Crippen LogP contribution is -2.04. The lowest BCUT2D eigenvalue weighted by molar-refractivity contribution is 0.507. The van der Waals surface area contributed by atoms with Gasteiger partial charge in [-0.15, -0.1) is 0 Å². The third-order valence-corrected chi connectivity index (χ3v) is 3.93. The van der Waals surface area contributed by atoms with Crippen molar-refractivity contribution in [2.45, 2.75) is 32.7 Å². The molecule has 0 saturated heterocycles. The molecule has 1 unspecified atom stereocenters. The molecule has 0 aliphatic heterocycles. The first kappa shape index (κ1) is 12.9. The lowest BCUT2D eigenvalue weighted by Gasteiger charge is -2.13. The molecule has 0 radical (unpaired) electrons. The minimum Gasteiger partial charge on any atom is -0.331 e. The molecule has 1 aromatic heterocycles. The second-order valence-corrected chi connectivity index (χ2v) is 5.42. The van der Waals surface area contributed by atoms with Crippen LogP contribution in [0.5, 0.6) is 0 Å². The Morgan fingerprint density at radius 2 is 2.00 bits per heavy atom. The number of benzene rings is 1. The van der Waals surface area contributed by atoms with Crippen LogP contribution in [0.2, 0.25) is 10.0 Å². The average Bonchev–Trinajstić information content (AvgIpc) is 2.55. The van der Waals surface area contributed by atoms with E-state index in [0.29, 0.717) is 16.1 Å². The molecule has 1 heterocycles. The van der Waals surface area contributed by atoms with Gasteiger partial charge in [-0.25, -0.2) is 0 Å². The van der Waals surface area contributed by atoms with Crippen molar-refractivity contribution >= 4 is 46.5 Å². The molecule has 0 saturated carbocycles. The first-order valence-electron chi connectivity index (χ1n) is 5.63. The molecule has 5 heteroatoms. The van der Waals surface area contributed by atoms with Gasteiger partial charge >= 0.3 is 0 Å². The van der Waals surface area contributed by atoms with Gasteiger partial charge in [-0.2, -0.15) is 0 Å². The first-order valence-corrected chi connectivity index (χ1v) is 6.80. The second-order valence-electron chi connectivity index (χ2n) is 4.22. The van der Waals surface area contributed by atoms with Gasteiger partial charge in [-0.1, -0.05) is 36.5 Å². The van der Waals surface area contributed by atoms with Crippen LogP contribution >= 0.6 is 35.4 Å². The quantitative estimate of drug-likeness (QED) is 0.754. The Labute approximate surface area is 116 Å².